The van der Waals surface area contributed by atoms with Crippen LogP contribution in [0.15, 0.2) is 53.4 Å². The number of hydrogen-bond acceptors (Lipinski definition) is 4. The van der Waals surface area contributed by atoms with Gasteiger partial charge in [0.15, 0.2) is 0 Å². The Labute approximate surface area is 160 Å². The summed E-state index contributed by atoms with van der Waals surface area (Å²) in [6.45, 7) is 6.01. The molecule has 1 saturated heterocycles. The quantitative estimate of drug-likeness (QED) is 0.854. The molecule has 0 unspecified atom stereocenters. The van der Waals surface area contributed by atoms with Crippen molar-refractivity contribution in [3.63, 3.8) is 0 Å². The van der Waals surface area contributed by atoms with Gasteiger partial charge in [-0.1, -0.05) is 35.4 Å². The molecule has 0 aromatic heterocycles. The van der Waals surface area contributed by atoms with E-state index in [1.165, 1.54) is 4.31 Å². The fourth-order valence-corrected chi connectivity index (χ4v) is 4.45. The van der Waals surface area contributed by atoms with Crippen molar-refractivity contribution >= 4 is 21.6 Å². The number of amides is 1. The van der Waals surface area contributed by atoms with Gasteiger partial charge in [0.2, 0.25) is 15.9 Å². The summed E-state index contributed by atoms with van der Waals surface area (Å²) < 4.78 is 26.9. The third-order valence-corrected chi connectivity index (χ3v) is 6.61. The van der Waals surface area contributed by atoms with E-state index in [2.05, 4.69) is 5.32 Å². The minimum Gasteiger partial charge on any atom is -0.325 e. The lowest BCUT2D eigenvalue weighted by molar-refractivity contribution is -0.117. The van der Waals surface area contributed by atoms with Crippen molar-refractivity contribution in [1.82, 2.24) is 9.21 Å². The van der Waals surface area contributed by atoms with Crippen LogP contribution < -0.4 is 5.32 Å². The van der Waals surface area contributed by atoms with Crippen molar-refractivity contribution in [3.05, 3.63) is 59.7 Å². The second-order valence-corrected chi connectivity index (χ2v) is 8.85. The van der Waals surface area contributed by atoms with Gasteiger partial charge in [-0.05, 0) is 38.1 Å². The van der Waals surface area contributed by atoms with Gasteiger partial charge in [0.25, 0.3) is 0 Å². The molecule has 1 amide bonds. The number of carbonyl (C=O) groups excluding carboxylic acids is 1. The summed E-state index contributed by atoms with van der Waals surface area (Å²) in [4.78, 5) is 14.5. The summed E-state index contributed by atoms with van der Waals surface area (Å²) in [5, 5.41) is 2.88. The number of aryl methyl sites for hydroxylation is 2. The molecule has 7 heteroatoms. The minimum absolute atomic E-state index is 0.0892. The van der Waals surface area contributed by atoms with E-state index in [9.17, 15) is 13.2 Å². The van der Waals surface area contributed by atoms with Crippen LogP contribution in [0.5, 0.6) is 0 Å². The first-order valence-corrected chi connectivity index (χ1v) is 10.4. The molecule has 0 saturated carbocycles. The predicted molar refractivity (Wildman–Crippen MR) is 106 cm³/mol. The lowest BCUT2D eigenvalue weighted by atomic mass is 10.2. The number of benzene rings is 2. The maximum atomic E-state index is 12.7. The van der Waals surface area contributed by atoms with Crippen molar-refractivity contribution in [2.45, 2.75) is 18.7 Å². The van der Waals surface area contributed by atoms with E-state index in [1.807, 2.05) is 43.0 Å². The molecule has 6 nitrogen and oxygen atoms in total. The monoisotopic (exact) mass is 387 g/mol. The molecule has 0 atom stereocenters. The van der Waals surface area contributed by atoms with Crippen LogP contribution in [-0.4, -0.2) is 56.3 Å². The molecule has 1 fully saturated rings. The van der Waals surface area contributed by atoms with Crippen LogP contribution in [0.25, 0.3) is 0 Å². The second kappa shape index (κ2) is 8.21. The van der Waals surface area contributed by atoms with Crippen molar-refractivity contribution in [2.24, 2.45) is 0 Å². The zero-order valence-corrected chi connectivity index (χ0v) is 16.5. The average Bonchev–Trinajstić information content (AvgIpc) is 2.64. The highest BCUT2D eigenvalue weighted by Crippen LogP contribution is 2.18. The lowest BCUT2D eigenvalue weighted by Gasteiger charge is -2.33. The van der Waals surface area contributed by atoms with Gasteiger partial charge in [0.05, 0.1) is 11.4 Å². The number of sulfonamides is 1. The van der Waals surface area contributed by atoms with Crippen LogP contribution >= 0.6 is 0 Å². The molecular formula is C20H25N3O3S. The Kier molecular flexibility index (Phi) is 5.94. The molecule has 1 aliphatic heterocycles. The maximum absolute atomic E-state index is 12.7. The number of hydrogen-bond donors (Lipinski definition) is 1. The standard InChI is InChI=1S/C20H25N3O3S/c1-16-3-7-18(8-4-16)21-20(24)15-22-11-13-23(14-12-22)27(25,26)19-9-5-17(2)6-10-19/h3-10H,11-15H2,1-2H3,(H,21,24). The third-order valence-electron chi connectivity index (χ3n) is 4.69. The highest BCUT2D eigenvalue weighted by atomic mass is 32.2. The largest absolute Gasteiger partial charge is 0.325 e. The first-order valence-electron chi connectivity index (χ1n) is 9.00. The van der Waals surface area contributed by atoms with E-state index in [1.54, 1.807) is 24.3 Å². The molecule has 3 rings (SSSR count). The molecule has 2 aromatic rings. The van der Waals surface area contributed by atoms with Crippen LogP contribution in [0.3, 0.4) is 0 Å². The van der Waals surface area contributed by atoms with Crippen molar-refractivity contribution in [2.75, 3.05) is 38.0 Å². The smallest absolute Gasteiger partial charge is 0.243 e. The molecular weight excluding hydrogens is 362 g/mol. The Bertz CT molecular complexity index is 885. The van der Waals surface area contributed by atoms with E-state index in [0.29, 0.717) is 31.1 Å². The highest BCUT2D eigenvalue weighted by molar-refractivity contribution is 7.89. The minimum atomic E-state index is -3.48. The van der Waals surface area contributed by atoms with Crippen molar-refractivity contribution in [1.29, 1.82) is 0 Å². The first kappa shape index (κ1) is 19.5. The zero-order chi connectivity index (χ0) is 19.4. The number of carbonyl (C=O) groups is 1. The summed E-state index contributed by atoms with van der Waals surface area (Å²) in [5.74, 6) is -0.0892. The van der Waals surface area contributed by atoms with E-state index in [0.717, 1.165) is 16.8 Å². The van der Waals surface area contributed by atoms with Crippen LogP contribution in [0.2, 0.25) is 0 Å². The summed E-state index contributed by atoms with van der Waals surface area (Å²) in [6, 6.07) is 14.5. The Morgan fingerprint density at radius 1 is 0.889 bits per heavy atom. The lowest BCUT2D eigenvalue weighted by Crippen LogP contribution is -2.50. The fraction of sp³-hybridized carbons (Fsp3) is 0.350. The van der Waals surface area contributed by atoms with Crippen molar-refractivity contribution < 1.29 is 13.2 Å². The summed E-state index contributed by atoms with van der Waals surface area (Å²) in [5.41, 5.74) is 2.93. The third kappa shape index (κ3) is 4.94. The number of nitrogens with one attached hydrogen (secondary N) is 1. The number of piperazine rings is 1. The first-order chi connectivity index (χ1) is 12.8. The van der Waals surface area contributed by atoms with Gasteiger partial charge in [-0.2, -0.15) is 4.31 Å². The molecule has 0 bridgehead atoms. The SMILES string of the molecule is Cc1ccc(NC(=O)CN2CCN(S(=O)(=O)c3ccc(C)cc3)CC2)cc1. The predicted octanol–water partition coefficient (Wildman–Crippen LogP) is 2.25. The number of rotatable bonds is 5. The van der Waals surface area contributed by atoms with E-state index < -0.39 is 10.0 Å². The van der Waals surface area contributed by atoms with Gasteiger partial charge in [0, 0.05) is 31.9 Å². The topological polar surface area (TPSA) is 69.7 Å². The molecule has 0 spiro atoms. The van der Waals surface area contributed by atoms with E-state index >= 15 is 0 Å². The molecule has 1 N–H and O–H groups in total. The van der Waals surface area contributed by atoms with Gasteiger partial charge in [-0.15, -0.1) is 0 Å². The zero-order valence-electron chi connectivity index (χ0n) is 15.7. The van der Waals surface area contributed by atoms with Crippen LogP contribution in [-0.2, 0) is 14.8 Å². The second-order valence-electron chi connectivity index (χ2n) is 6.91. The molecule has 1 aliphatic rings. The molecule has 1 heterocycles. The fourth-order valence-electron chi connectivity index (χ4n) is 3.03. The maximum Gasteiger partial charge on any atom is 0.243 e. The highest BCUT2D eigenvalue weighted by Gasteiger charge is 2.28. The van der Waals surface area contributed by atoms with Gasteiger partial charge >= 0.3 is 0 Å². The number of nitrogens with zero attached hydrogens (tertiary/aromatic N) is 2. The summed E-state index contributed by atoms with van der Waals surface area (Å²) >= 11 is 0. The molecule has 27 heavy (non-hydrogen) atoms. The molecule has 0 radical (unpaired) electrons. The number of anilines is 1. The summed E-state index contributed by atoms with van der Waals surface area (Å²) in [6.07, 6.45) is 0. The van der Waals surface area contributed by atoms with Gasteiger partial charge < -0.3 is 5.32 Å². The normalized spacial score (nSPS) is 16.2. The Morgan fingerprint density at radius 2 is 1.41 bits per heavy atom. The van der Waals surface area contributed by atoms with Crippen LogP contribution in [0.1, 0.15) is 11.1 Å². The van der Waals surface area contributed by atoms with Gasteiger partial charge in [0.1, 0.15) is 0 Å². The Morgan fingerprint density at radius 3 is 1.96 bits per heavy atom. The molecule has 2 aromatic carbocycles. The Hall–Kier alpha value is -2.22. The average molecular weight is 388 g/mol. The van der Waals surface area contributed by atoms with Crippen LogP contribution in [0, 0.1) is 13.8 Å². The van der Waals surface area contributed by atoms with Crippen molar-refractivity contribution in [3.8, 4) is 0 Å². The Balaban J connectivity index is 1.53. The van der Waals surface area contributed by atoms with E-state index in [4.69, 9.17) is 0 Å². The van der Waals surface area contributed by atoms with Crippen LogP contribution in [0.4, 0.5) is 5.69 Å². The van der Waals surface area contributed by atoms with Gasteiger partial charge in [-0.3, -0.25) is 9.69 Å². The molecule has 144 valence electrons. The summed E-state index contributed by atoms with van der Waals surface area (Å²) in [7, 11) is -3.48. The van der Waals surface area contributed by atoms with Gasteiger partial charge in [-0.25, -0.2) is 8.42 Å². The molecule has 0 aliphatic carbocycles. The van der Waals surface area contributed by atoms with E-state index in [-0.39, 0.29) is 12.5 Å².